The molecule has 0 aliphatic carbocycles. The molecular formula is C16H25N3O. The van der Waals surface area contributed by atoms with Crippen LogP contribution in [0.1, 0.15) is 12.0 Å². The smallest absolute Gasteiger partial charge is 0.233 e. The highest BCUT2D eigenvalue weighted by atomic mass is 16.1. The number of amides is 1. The predicted octanol–water partition coefficient (Wildman–Crippen LogP) is 1.40. The molecule has 0 saturated heterocycles. The number of carbonyl (C=O) groups excluding carboxylic acids is 1. The van der Waals surface area contributed by atoms with Crippen LogP contribution in [0.25, 0.3) is 0 Å². The molecule has 4 nitrogen and oxygen atoms in total. The minimum absolute atomic E-state index is 0.0394. The first kappa shape index (κ1) is 16.4. The number of rotatable bonds is 10. The zero-order chi connectivity index (χ0) is 14.6. The van der Waals surface area contributed by atoms with Crippen LogP contribution in [0, 0.1) is 0 Å². The molecule has 0 unspecified atom stereocenters. The Balaban J connectivity index is 2.06. The second-order valence-corrected chi connectivity index (χ2v) is 4.85. The topological polar surface area (TPSA) is 44.4 Å². The summed E-state index contributed by atoms with van der Waals surface area (Å²) in [5.41, 5.74) is 1.31. The summed E-state index contributed by atoms with van der Waals surface area (Å²) in [4.78, 5) is 13.7. The molecule has 0 spiro atoms. The Morgan fingerprint density at radius 2 is 2.10 bits per heavy atom. The van der Waals surface area contributed by atoms with Crippen molar-refractivity contribution in [1.82, 2.24) is 15.5 Å². The van der Waals surface area contributed by atoms with Gasteiger partial charge in [0.1, 0.15) is 0 Å². The molecule has 0 atom stereocenters. The molecule has 0 aliphatic rings. The molecular weight excluding hydrogens is 250 g/mol. The SMILES string of the molecule is C=CCNCC(=O)NCCCN(C)Cc1ccccc1. The number of nitrogens with one attached hydrogen (secondary N) is 2. The Kier molecular flexibility index (Phi) is 8.35. The van der Waals surface area contributed by atoms with Gasteiger partial charge < -0.3 is 15.5 Å². The average molecular weight is 275 g/mol. The highest BCUT2D eigenvalue weighted by Gasteiger charge is 2.01. The Labute approximate surface area is 121 Å². The van der Waals surface area contributed by atoms with E-state index in [0.29, 0.717) is 19.6 Å². The summed E-state index contributed by atoms with van der Waals surface area (Å²) >= 11 is 0. The first-order valence-electron chi connectivity index (χ1n) is 7.03. The van der Waals surface area contributed by atoms with Gasteiger partial charge >= 0.3 is 0 Å². The van der Waals surface area contributed by atoms with E-state index in [4.69, 9.17) is 0 Å². The van der Waals surface area contributed by atoms with Crippen LogP contribution in [0.15, 0.2) is 43.0 Å². The van der Waals surface area contributed by atoms with Crippen LogP contribution >= 0.6 is 0 Å². The quantitative estimate of drug-likeness (QED) is 0.501. The zero-order valence-electron chi connectivity index (χ0n) is 12.3. The van der Waals surface area contributed by atoms with E-state index >= 15 is 0 Å². The minimum atomic E-state index is 0.0394. The summed E-state index contributed by atoms with van der Waals surface area (Å²) < 4.78 is 0. The molecule has 0 aliphatic heterocycles. The molecule has 20 heavy (non-hydrogen) atoms. The van der Waals surface area contributed by atoms with Gasteiger partial charge in [0.2, 0.25) is 5.91 Å². The molecule has 1 aromatic rings. The molecule has 4 heteroatoms. The monoisotopic (exact) mass is 275 g/mol. The Morgan fingerprint density at radius 3 is 2.80 bits per heavy atom. The predicted molar refractivity (Wildman–Crippen MR) is 83.5 cm³/mol. The Morgan fingerprint density at radius 1 is 1.35 bits per heavy atom. The summed E-state index contributed by atoms with van der Waals surface area (Å²) in [6.07, 6.45) is 2.70. The van der Waals surface area contributed by atoms with Crippen molar-refractivity contribution in [2.75, 3.05) is 33.2 Å². The van der Waals surface area contributed by atoms with Gasteiger partial charge in [-0.3, -0.25) is 4.79 Å². The van der Waals surface area contributed by atoms with E-state index in [9.17, 15) is 4.79 Å². The van der Waals surface area contributed by atoms with Crippen molar-refractivity contribution in [3.05, 3.63) is 48.6 Å². The van der Waals surface area contributed by atoms with Gasteiger partial charge in [0.15, 0.2) is 0 Å². The van der Waals surface area contributed by atoms with Crippen LogP contribution in [0.2, 0.25) is 0 Å². The van der Waals surface area contributed by atoms with Gasteiger partial charge in [-0.15, -0.1) is 6.58 Å². The number of hydrogen-bond donors (Lipinski definition) is 2. The van der Waals surface area contributed by atoms with E-state index in [1.807, 2.05) is 6.07 Å². The fourth-order valence-electron chi connectivity index (χ4n) is 1.90. The van der Waals surface area contributed by atoms with E-state index in [2.05, 4.69) is 53.4 Å². The summed E-state index contributed by atoms with van der Waals surface area (Å²) in [5.74, 6) is 0.0394. The molecule has 0 heterocycles. The second kappa shape index (κ2) is 10.2. The van der Waals surface area contributed by atoms with Crippen molar-refractivity contribution in [2.24, 2.45) is 0 Å². The largest absolute Gasteiger partial charge is 0.355 e. The van der Waals surface area contributed by atoms with Gasteiger partial charge in [0.05, 0.1) is 6.54 Å². The standard InChI is InChI=1S/C16H25N3O/c1-3-10-17-13-16(20)18-11-7-12-19(2)14-15-8-5-4-6-9-15/h3-6,8-9,17H,1,7,10-14H2,2H3,(H,18,20). The normalized spacial score (nSPS) is 10.5. The fraction of sp³-hybridized carbons (Fsp3) is 0.438. The van der Waals surface area contributed by atoms with E-state index in [1.54, 1.807) is 6.08 Å². The molecule has 1 aromatic carbocycles. The summed E-state index contributed by atoms with van der Waals surface area (Å²) in [5, 5.41) is 5.88. The average Bonchev–Trinajstić information content (AvgIpc) is 2.45. The van der Waals surface area contributed by atoms with Gasteiger partial charge in [0, 0.05) is 19.6 Å². The van der Waals surface area contributed by atoms with Crippen LogP contribution in [-0.4, -0.2) is 44.0 Å². The minimum Gasteiger partial charge on any atom is -0.355 e. The molecule has 0 aromatic heterocycles. The lowest BCUT2D eigenvalue weighted by atomic mass is 10.2. The maximum atomic E-state index is 11.4. The molecule has 0 radical (unpaired) electrons. The summed E-state index contributed by atoms with van der Waals surface area (Å²) in [6.45, 7) is 7.22. The van der Waals surface area contributed by atoms with E-state index in [0.717, 1.165) is 19.5 Å². The number of hydrogen-bond acceptors (Lipinski definition) is 3. The summed E-state index contributed by atoms with van der Waals surface area (Å²) in [6, 6.07) is 10.4. The third kappa shape index (κ3) is 7.71. The lowest BCUT2D eigenvalue weighted by molar-refractivity contribution is -0.120. The van der Waals surface area contributed by atoms with Crippen LogP contribution < -0.4 is 10.6 Å². The Hall–Kier alpha value is -1.65. The van der Waals surface area contributed by atoms with Gasteiger partial charge in [-0.2, -0.15) is 0 Å². The molecule has 110 valence electrons. The Bertz CT molecular complexity index is 392. The van der Waals surface area contributed by atoms with Crippen LogP contribution in [0.5, 0.6) is 0 Å². The first-order valence-corrected chi connectivity index (χ1v) is 7.03. The van der Waals surface area contributed by atoms with Crippen LogP contribution in [-0.2, 0) is 11.3 Å². The van der Waals surface area contributed by atoms with Crippen molar-refractivity contribution in [3.63, 3.8) is 0 Å². The number of carbonyl (C=O) groups is 1. The van der Waals surface area contributed by atoms with E-state index in [-0.39, 0.29) is 5.91 Å². The summed E-state index contributed by atoms with van der Waals surface area (Å²) in [7, 11) is 2.10. The third-order valence-electron chi connectivity index (χ3n) is 2.91. The highest BCUT2D eigenvalue weighted by molar-refractivity contribution is 5.77. The van der Waals surface area contributed by atoms with Crippen molar-refractivity contribution < 1.29 is 4.79 Å². The molecule has 2 N–H and O–H groups in total. The van der Waals surface area contributed by atoms with Gasteiger partial charge in [0.25, 0.3) is 0 Å². The van der Waals surface area contributed by atoms with Crippen molar-refractivity contribution in [2.45, 2.75) is 13.0 Å². The lowest BCUT2D eigenvalue weighted by Crippen LogP contribution is -2.35. The van der Waals surface area contributed by atoms with Crippen molar-refractivity contribution >= 4 is 5.91 Å². The third-order valence-corrected chi connectivity index (χ3v) is 2.91. The van der Waals surface area contributed by atoms with Crippen LogP contribution in [0.3, 0.4) is 0 Å². The molecule has 0 bridgehead atoms. The number of benzene rings is 1. The van der Waals surface area contributed by atoms with Gasteiger partial charge in [-0.25, -0.2) is 0 Å². The number of nitrogens with zero attached hydrogens (tertiary/aromatic N) is 1. The maximum absolute atomic E-state index is 11.4. The molecule has 1 rings (SSSR count). The molecule has 0 saturated carbocycles. The highest BCUT2D eigenvalue weighted by Crippen LogP contribution is 2.02. The fourth-order valence-corrected chi connectivity index (χ4v) is 1.90. The second-order valence-electron chi connectivity index (χ2n) is 4.85. The van der Waals surface area contributed by atoms with Crippen molar-refractivity contribution in [1.29, 1.82) is 0 Å². The van der Waals surface area contributed by atoms with Crippen LogP contribution in [0.4, 0.5) is 0 Å². The molecule has 1 amide bonds. The van der Waals surface area contributed by atoms with Gasteiger partial charge in [-0.05, 0) is 25.6 Å². The van der Waals surface area contributed by atoms with Gasteiger partial charge in [-0.1, -0.05) is 36.4 Å². The first-order chi connectivity index (χ1) is 9.72. The molecule has 0 fully saturated rings. The van der Waals surface area contributed by atoms with Crippen molar-refractivity contribution in [3.8, 4) is 0 Å². The van der Waals surface area contributed by atoms with E-state index < -0.39 is 0 Å². The maximum Gasteiger partial charge on any atom is 0.233 e. The zero-order valence-corrected chi connectivity index (χ0v) is 12.3. The lowest BCUT2D eigenvalue weighted by Gasteiger charge is -2.16. The van der Waals surface area contributed by atoms with E-state index in [1.165, 1.54) is 5.56 Å².